The second-order valence-corrected chi connectivity index (χ2v) is 8.32. The highest BCUT2D eigenvalue weighted by molar-refractivity contribution is 5.80. The fourth-order valence-corrected chi connectivity index (χ4v) is 4.80. The monoisotopic (exact) mass is 391 g/mol. The van der Waals surface area contributed by atoms with E-state index < -0.39 is 0 Å². The predicted molar refractivity (Wildman–Crippen MR) is 119 cm³/mol. The Hall–Kier alpha value is -2.40. The Morgan fingerprint density at radius 2 is 1.86 bits per heavy atom. The van der Waals surface area contributed by atoms with Crippen LogP contribution in [0.25, 0.3) is 0 Å². The summed E-state index contributed by atoms with van der Waals surface area (Å²) in [5.41, 5.74) is 3.67. The van der Waals surface area contributed by atoms with Gasteiger partial charge in [0, 0.05) is 37.4 Å². The number of hydrogen-bond acceptors (Lipinski definition) is 3. The summed E-state index contributed by atoms with van der Waals surface area (Å²) < 4.78 is 0. The maximum Gasteiger partial charge on any atom is 0.191 e. The molecule has 5 heteroatoms. The lowest BCUT2D eigenvalue weighted by molar-refractivity contribution is 0.114. The van der Waals surface area contributed by atoms with Crippen molar-refractivity contribution in [2.45, 2.75) is 70.7 Å². The van der Waals surface area contributed by atoms with Crippen molar-refractivity contribution in [1.82, 2.24) is 20.5 Å². The molecule has 2 bridgehead atoms. The van der Waals surface area contributed by atoms with E-state index in [2.05, 4.69) is 70.8 Å². The van der Waals surface area contributed by atoms with Crippen LogP contribution < -0.4 is 10.6 Å². The summed E-state index contributed by atoms with van der Waals surface area (Å²) >= 11 is 0. The number of nitrogens with zero attached hydrogens (tertiary/aromatic N) is 3. The number of pyridine rings is 1. The molecule has 2 atom stereocenters. The molecule has 0 amide bonds. The van der Waals surface area contributed by atoms with Crippen molar-refractivity contribution in [2.24, 2.45) is 4.99 Å². The molecule has 0 aliphatic carbocycles. The first kappa shape index (κ1) is 19.9. The van der Waals surface area contributed by atoms with E-state index in [0.29, 0.717) is 24.7 Å². The normalized spacial score (nSPS) is 24.5. The minimum absolute atomic E-state index is 0.488. The van der Waals surface area contributed by atoms with Crippen LogP contribution >= 0.6 is 0 Å². The number of aromatic nitrogens is 1. The molecule has 2 aliphatic heterocycles. The standard InChI is InChI=1S/C24H33N5/c1-3-25-24(27-16-23-18(2)8-7-13-26-23)28-20-14-21-11-12-22(15-20)29(21)17-19-9-5-4-6-10-19/h4-10,13,20-22H,3,11-12,14-17H2,1-2H3,(H2,25,27,28). The highest BCUT2D eigenvalue weighted by Gasteiger charge is 2.40. The maximum absolute atomic E-state index is 4.81. The average Bonchev–Trinajstić information content (AvgIpc) is 2.96. The van der Waals surface area contributed by atoms with Gasteiger partial charge in [0.05, 0.1) is 12.2 Å². The molecular weight excluding hydrogens is 358 g/mol. The molecule has 3 heterocycles. The third-order valence-electron chi connectivity index (χ3n) is 6.28. The number of aryl methyl sites for hydroxylation is 1. The van der Waals surface area contributed by atoms with Crippen LogP contribution in [0.3, 0.4) is 0 Å². The third-order valence-corrected chi connectivity index (χ3v) is 6.28. The van der Waals surface area contributed by atoms with Gasteiger partial charge in [-0.1, -0.05) is 36.4 Å². The van der Waals surface area contributed by atoms with Gasteiger partial charge in [-0.25, -0.2) is 4.99 Å². The van der Waals surface area contributed by atoms with Crippen LogP contribution in [0.15, 0.2) is 53.7 Å². The number of benzene rings is 1. The SMILES string of the molecule is CCNC(=NCc1ncccc1C)NC1CC2CCC(C1)N2Cc1ccccc1. The molecular formula is C24H33N5. The van der Waals surface area contributed by atoms with Gasteiger partial charge in [-0.15, -0.1) is 0 Å². The highest BCUT2D eigenvalue weighted by Crippen LogP contribution is 2.36. The van der Waals surface area contributed by atoms with Gasteiger partial charge in [0.25, 0.3) is 0 Å². The van der Waals surface area contributed by atoms with Crippen molar-refractivity contribution in [2.75, 3.05) is 6.54 Å². The average molecular weight is 392 g/mol. The molecule has 0 radical (unpaired) electrons. The molecule has 5 nitrogen and oxygen atoms in total. The first-order valence-electron chi connectivity index (χ1n) is 11.0. The quantitative estimate of drug-likeness (QED) is 0.583. The molecule has 2 N–H and O–H groups in total. The lowest BCUT2D eigenvalue weighted by Gasteiger charge is -2.39. The van der Waals surface area contributed by atoms with Crippen LogP contribution in [0.1, 0.15) is 49.4 Å². The van der Waals surface area contributed by atoms with E-state index in [-0.39, 0.29) is 0 Å². The number of piperidine rings is 1. The summed E-state index contributed by atoms with van der Waals surface area (Å²) in [5, 5.41) is 7.13. The number of fused-ring (bicyclic) bond motifs is 2. The molecule has 2 aromatic rings. The zero-order valence-electron chi connectivity index (χ0n) is 17.6. The zero-order chi connectivity index (χ0) is 20.1. The number of aliphatic imine (C=N–C) groups is 1. The van der Waals surface area contributed by atoms with Gasteiger partial charge in [0.1, 0.15) is 0 Å². The summed E-state index contributed by atoms with van der Waals surface area (Å²) in [6.07, 6.45) is 6.86. The van der Waals surface area contributed by atoms with Crippen molar-refractivity contribution in [1.29, 1.82) is 0 Å². The van der Waals surface area contributed by atoms with Crippen LogP contribution in [0.5, 0.6) is 0 Å². The van der Waals surface area contributed by atoms with Crippen LogP contribution in [0, 0.1) is 6.92 Å². The summed E-state index contributed by atoms with van der Waals surface area (Å²) in [6, 6.07) is 16.8. The van der Waals surface area contributed by atoms with Crippen molar-refractivity contribution >= 4 is 5.96 Å². The Bertz CT molecular complexity index is 805. The molecule has 154 valence electrons. The molecule has 2 fully saturated rings. The van der Waals surface area contributed by atoms with Gasteiger partial charge in [0.15, 0.2) is 5.96 Å². The fraction of sp³-hybridized carbons (Fsp3) is 0.500. The van der Waals surface area contributed by atoms with Crippen LogP contribution in [0.2, 0.25) is 0 Å². The predicted octanol–water partition coefficient (Wildman–Crippen LogP) is 3.64. The van der Waals surface area contributed by atoms with Crippen molar-refractivity contribution in [3.05, 3.63) is 65.5 Å². The van der Waals surface area contributed by atoms with E-state index >= 15 is 0 Å². The minimum atomic E-state index is 0.488. The topological polar surface area (TPSA) is 52.6 Å². The first-order chi connectivity index (χ1) is 14.2. The summed E-state index contributed by atoms with van der Waals surface area (Å²) in [4.78, 5) is 12.0. The van der Waals surface area contributed by atoms with Gasteiger partial charge < -0.3 is 10.6 Å². The summed E-state index contributed by atoms with van der Waals surface area (Å²) in [7, 11) is 0. The van der Waals surface area contributed by atoms with Gasteiger partial charge in [0.2, 0.25) is 0 Å². The second-order valence-electron chi connectivity index (χ2n) is 8.32. The van der Waals surface area contributed by atoms with Crippen molar-refractivity contribution in [3.63, 3.8) is 0 Å². The largest absolute Gasteiger partial charge is 0.357 e. The molecule has 1 aromatic heterocycles. The molecule has 0 saturated carbocycles. The maximum atomic E-state index is 4.81. The molecule has 1 aromatic carbocycles. The molecule has 4 rings (SSSR count). The van der Waals surface area contributed by atoms with Gasteiger partial charge >= 0.3 is 0 Å². The third kappa shape index (κ3) is 4.96. The Labute approximate surface area is 174 Å². The molecule has 2 saturated heterocycles. The Morgan fingerprint density at radius 1 is 1.10 bits per heavy atom. The van der Waals surface area contributed by atoms with Crippen molar-refractivity contribution in [3.8, 4) is 0 Å². The zero-order valence-corrected chi connectivity index (χ0v) is 17.6. The van der Waals surface area contributed by atoms with Gasteiger partial charge in [-0.2, -0.15) is 0 Å². The molecule has 29 heavy (non-hydrogen) atoms. The van der Waals surface area contributed by atoms with Gasteiger partial charge in [-0.05, 0) is 56.7 Å². The van der Waals surface area contributed by atoms with E-state index in [0.717, 1.165) is 24.7 Å². The summed E-state index contributed by atoms with van der Waals surface area (Å²) in [5.74, 6) is 0.915. The smallest absolute Gasteiger partial charge is 0.191 e. The molecule has 0 spiro atoms. The first-order valence-corrected chi connectivity index (χ1v) is 11.0. The van der Waals surface area contributed by atoms with Crippen LogP contribution in [0.4, 0.5) is 0 Å². The number of rotatable bonds is 6. The lowest BCUT2D eigenvalue weighted by Crippen LogP contribution is -2.52. The Kier molecular flexibility index (Phi) is 6.45. The van der Waals surface area contributed by atoms with Crippen molar-refractivity contribution < 1.29 is 0 Å². The van der Waals surface area contributed by atoms with E-state index in [1.165, 1.54) is 36.8 Å². The summed E-state index contributed by atoms with van der Waals surface area (Å²) in [6.45, 7) is 6.78. The molecule has 2 aliphatic rings. The van der Waals surface area contributed by atoms with Gasteiger partial charge in [-0.3, -0.25) is 9.88 Å². The van der Waals surface area contributed by atoms with E-state index in [1.54, 1.807) is 0 Å². The second kappa shape index (κ2) is 9.40. The van der Waals surface area contributed by atoms with E-state index in [1.807, 2.05) is 12.3 Å². The van der Waals surface area contributed by atoms with Crippen LogP contribution in [-0.2, 0) is 13.1 Å². The number of guanidine groups is 1. The Balaban J connectivity index is 1.37. The number of nitrogens with one attached hydrogen (secondary N) is 2. The highest BCUT2D eigenvalue weighted by atomic mass is 15.3. The minimum Gasteiger partial charge on any atom is -0.357 e. The fourth-order valence-electron chi connectivity index (χ4n) is 4.80. The Morgan fingerprint density at radius 3 is 2.55 bits per heavy atom. The lowest BCUT2D eigenvalue weighted by atomic mass is 9.96. The van der Waals surface area contributed by atoms with E-state index in [9.17, 15) is 0 Å². The number of hydrogen-bond donors (Lipinski definition) is 2. The van der Waals surface area contributed by atoms with E-state index in [4.69, 9.17) is 4.99 Å². The van der Waals surface area contributed by atoms with Crippen LogP contribution in [-0.4, -0.2) is 40.5 Å². The molecule has 2 unspecified atom stereocenters.